The summed E-state index contributed by atoms with van der Waals surface area (Å²) in [6.07, 6.45) is 1.82. The van der Waals surface area contributed by atoms with Crippen LogP contribution in [0.5, 0.6) is 0 Å². The largest absolute Gasteiger partial charge is 0.350 e. The molecule has 0 bridgehead atoms. The van der Waals surface area contributed by atoms with E-state index in [2.05, 4.69) is 4.98 Å². The van der Waals surface area contributed by atoms with Gasteiger partial charge in [-0.05, 0) is 17.8 Å². The van der Waals surface area contributed by atoms with Gasteiger partial charge in [-0.3, -0.25) is 5.41 Å². The van der Waals surface area contributed by atoms with Gasteiger partial charge in [0.1, 0.15) is 0 Å². The van der Waals surface area contributed by atoms with Crippen LogP contribution < -0.4 is 11.4 Å². The lowest BCUT2D eigenvalue weighted by Crippen LogP contribution is -2.27. The molecule has 60 valence electrons. The molecule has 0 unspecified atom stereocenters. The summed E-state index contributed by atoms with van der Waals surface area (Å²) in [6, 6.07) is -0.659. The van der Waals surface area contributed by atoms with Gasteiger partial charge in [-0.1, -0.05) is 11.8 Å². The summed E-state index contributed by atoms with van der Waals surface area (Å²) >= 11 is 2.45. The lowest BCUT2D eigenvalue weighted by molar-refractivity contribution is 0.251. The average Bonchev–Trinajstić information content (AvgIpc) is 2.30. The predicted octanol–water partition coefficient (Wildman–Crippen LogP) is 0.0728. The Morgan fingerprint density at radius 2 is 2.55 bits per heavy atom. The van der Waals surface area contributed by atoms with E-state index >= 15 is 0 Å². The first-order valence-corrected chi connectivity index (χ1v) is 4.63. The minimum Gasteiger partial charge on any atom is -0.350 e. The zero-order chi connectivity index (χ0) is 8.43. The van der Waals surface area contributed by atoms with Gasteiger partial charge in [0.25, 0.3) is 0 Å². The number of nitrogens with zero attached hydrogens (tertiary/aromatic N) is 2. The number of amides is 1. The highest BCUT2D eigenvalue weighted by atomic mass is 32.2. The third-order valence-corrected chi connectivity index (χ3v) is 2.88. The SMILES string of the molecule is CSc1nc(=N)n(C(N)=O)s1. The summed E-state index contributed by atoms with van der Waals surface area (Å²) in [5.41, 5.74) is 4.84. The van der Waals surface area contributed by atoms with Crippen LogP contribution in [0, 0.1) is 5.41 Å². The van der Waals surface area contributed by atoms with Gasteiger partial charge in [0.15, 0.2) is 4.34 Å². The minimum absolute atomic E-state index is 0.105. The zero-order valence-electron chi connectivity index (χ0n) is 5.70. The Labute approximate surface area is 70.9 Å². The van der Waals surface area contributed by atoms with E-state index in [9.17, 15) is 4.79 Å². The van der Waals surface area contributed by atoms with Crippen molar-refractivity contribution in [2.24, 2.45) is 5.73 Å². The van der Waals surface area contributed by atoms with Crippen LogP contribution in [-0.2, 0) is 0 Å². The number of nitrogens with one attached hydrogen (secondary N) is 1. The normalized spacial score (nSPS) is 9.91. The summed E-state index contributed by atoms with van der Waals surface area (Å²) in [6.45, 7) is 0. The highest BCUT2D eigenvalue weighted by molar-refractivity contribution is 8.00. The minimum atomic E-state index is -0.659. The Balaban J connectivity index is 3.18. The number of aromatic nitrogens is 2. The fraction of sp³-hybridized carbons (Fsp3) is 0.250. The van der Waals surface area contributed by atoms with Crippen molar-refractivity contribution in [3.05, 3.63) is 5.62 Å². The molecule has 0 atom stereocenters. The lowest BCUT2D eigenvalue weighted by atomic mass is 11.0. The summed E-state index contributed by atoms with van der Waals surface area (Å²) < 4.78 is 1.69. The molecule has 0 radical (unpaired) electrons. The van der Waals surface area contributed by atoms with Gasteiger partial charge in [0.2, 0.25) is 5.62 Å². The molecular weight excluding hydrogens is 184 g/mol. The Morgan fingerprint density at radius 1 is 1.91 bits per heavy atom. The molecule has 1 amide bonds. The van der Waals surface area contributed by atoms with Crippen LogP contribution in [0.4, 0.5) is 4.79 Å². The molecule has 0 saturated carbocycles. The third kappa shape index (κ3) is 1.60. The van der Waals surface area contributed by atoms with E-state index in [1.54, 1.807) is 0 Å². The number of rotatable bonds is 1. The molecule has 0 aromatic carbocycles. The number of hydrogen-bond acceptors (Lipinski definition) is 5. The average molecular weight is 190 g/mol. The summed E-state index contributed by atoms with van der Waals surface area (Å²) in [4.78, 5) is 14.3. The Kier molecular flexibility index (Phi) is 2.30. The third-order valence-electron chi connectivity index (χ3n) is 0.934. The van der Waals surface area contributed by atoms with Gasteiger partial charge in [0, 0.05) is 0 Å². The molecule has 5 nitrogen and oxygen atoms in total. The molecule has 0 aliphatic carbocycles. The highest BCUT2D eigenvalue weighted by Crippen LogP contribution is 2.13. The predicted molar refractivity (Wildman–Crippen MR) is 42.7 cm³/mol. The van der Waals surface area contributed by atoms with Crippen molar-refractivity contribution in [3.8, 4) is 0 Å². The molecule has 0 spiro atoms. The van der Waals surface area contributed by atoms with Gasteiger partial charge < -0.3 is 5.73 Å². The molecule has 11 heavy (non-hydrogen) atoms. The van der Waals surface area contributed by atoms with Crippen LogP contribution >= 0.6 is 23.3 Å². The van der Waals surface area contributed by atoms with Crippen molar-refractivity contribution >= 4 is 29.3 Å². The van der Waals surface area contributed by atoms with E-state index in [1.807, 2.05) is 6.26 Å². The van der Waals surface area contributed by atoms with Gasteiger partial charge >= 0.3 is 6.03 Å². The van der Waals surface area contributed by atoms with Crippen molar-refractivity contribution in [2.45, 2.75) is 4.34 Å². The topological polar surface area (TPSA) is 84.8 Å². The molecule has 1 heterocycles. The molecule has 0 aliphatic rings. The molecular formula is C4H6N4OS2. The van der Waals surface area contributed by atoms with Gasteiger partial charge in [0.05, 0.1) is 0 Å². The second-order valence-corrected chi connectivity index (χ2v) is 3.62. The standard InChI is InChI=1S/C4H6N4OS2/c1-10-4-7-2(5)8(11-4)3(6)9/h5H,1H3,(H2,6,9). The highest BCUT2D eigenvalue weighted by Gasteiger charge is 2.05. The van der Waals surface area contributed by atoms with Crippen LogP contribution in [0.3, 0.4) is 0 Å². The second kappa shape index (κ2) is 3.05. The van der Waals surface area contributed by atoms with E-state index < -0.39 is 6.03 Å². The van der Waals surface area contributed by atoms with Gasteiger partial charge in [-0.2, -0.15) is 8.94 Å². The molecule has 1 rings (SSSR count). The van der Waals surface area contributed by atoms with Gasteiger partial charge in [-0.25, -0.2) is 4.79 Å². The maximum Gasteiger partial charge on any atom is 0.335 e. The summed E-state index contributed by atoms with van der Waals surface area (Å²) in [5.74, 6) is 0. The van der Waals surface area contributed by atoms with Crippen molar-refractivity contribution in [1.82, 2.24) is 8.94 Å². The molecule has 1 aromatic heterocycles. The second-order valence-electron chi connectivity index (χ2n) is 1.63. The molecule has 7 heteroatoms. The summed E-state index contributed by atoms with van der Waals surface area (Å²) in [7, 11) is 0. The maximum atomic E-state index is 10.6. The quantitative estimate of drug-likeness (QED) is 0.615. The van der Waals surface area contributed by atoms with Crippen LogP contribution in [0.25, 0.3) is 0 Å². The van der Waals surface area contributed by atoms with Crippen molar-refractivity contribution in [2.75, 3.05) is 6.26 Å². The number of carbonyl (C=O) groups is 1. The van der Waals surface area contributed by atoms with E-state index in [-0.39, 0.29) is 5.62 Å². The first-order chi connectivity index (χ1) is 5.15. The fourth-order valence-corrected chi connectivity index (χ4v) is 1.71. The Hall–Kier alpha value is -0.820. The number of thioether (sulfide) groups is 1. The Morgan fingerprint density at radius 3 is 2.82 bits per heavy atom. The van der Waals surface area contributed by atoms with Gasteiger partial charge in [-0.15, -0.1) is 0 Å². The van der Waals surface area contributed by atoms with Crippen molar-refractivity contribution in [3.63, 3.8) is 0 Å². The number of primary amides is 1. The molecule has 0 fully saturated rings. The monoisotopic (exact) mass is 190 g/mol. The first-order valence-electron chi connectivity index (χ1n) is 2.64. The fourth-order valence-electron chi connectivity index (χ4n) is 0.506. The van der Waals surface area contributed by atoms with Crippen LogP contribution in [-0.4, -0.2) is 21.2 Å². The smallest absolute Gasteiger partial charge is 0.335 e. The van der Waals surface area contributed by atoms with Crippen molar-refractivity contribution < 1.29 is 4.79 Å². The molecule has 0 saturated heterocycles. The van der Waals surface area contributed by atoms with Crippen LogP contribution in [0.2, 0.25) is 0 Å². The Bertz CT molecular complexity index is 327. The first kappa shape index (κ1) is 8.28. The van der Waals surface area contributed by atoms with E-state index in [0.717, 1.165) is 15.5 Å². The van der Waals surface area contributed by atoms with E-state index in [1.165, 1.54) is 11.8 Å². The molecule has 0 aliphatic heterocycles. The number of nitrogens with two attached hydrogens (primary N) is 1. The van der Waals surface area contributed by atoms with Crippen LogP contribution in [0.1, 0.15) is 0 Å². The zero-order valence-corrected chi connectivity index (χ0v) is 7.33. The van der Waals surface area contributed by atoms with E-state index in [0.29, 0.717) is 4.34 Å². The number of carbonyl (C=O) groups excluding carboxylic acids is 1. The lowest BCUT2D eigenvalue weighted by Gasteiger charge is -1.87. The molecule has 3 N–H and O–H groups in total. The maximum absolute atomic E-state index is 10.6. The van der Waals surface area contributed by atoms with Crippen molar-refractivity contribution in [1.29, 1.82) is 5.41 Å². The number of hydrogen-bond donors (Lipinski definition) is 2. The van der Waals surface area contributed by atoms with E-state index in [4.69, 9.17) is 11.1 Å². The van der Waals surface area contributed by atoms with Crippen LogP contribution in [0.15, 0.2) is 4.34 Å². The molecule has 1 aromatic rings. The summed E-state index contributed by atoms with van der Waals surface area (Å²) in [5, 5.41) is 7.17.